The van der Waals surface area contributed by atoms with Gasteiger partial charge in [-0.15, -0.1) is 0 Å². The quantitative estimate of drug-likeness (QED) is 0.799. The number of imidazole rings is 1. The summed E-state index contributed by atoms with van der Waals surface area (Å²) in [6.07, 6.45) is 1.16. The summed E-state index contributed by atoms with van der Waals surface area (Å²) in [6.45, 7) is 2.86. The molecule has 1 N–H and O–H groups in total. The lowest BCUT2D eigenvalue weighted by Crippen LogP contribution is -2.16. The van der Waals surface area contributed by atoms with Gasteiger partial charge in [-0.05, 0) is 37.7 Å². The third-order valence-electron chi connectivity index (χ3n) is 3.36. The number of rotatable bonds is 1. The highest BCUT2D eigenvalue weighted by atomic mass is 35.5. The van der Waals surface area contributed by atoms with E-state index in [4.69, 9.17) is 28.6 Å². The van der Waals surface area contributed by atoms with E-state index in [-0.39, 0.29) is 12.1 Å². The second kappa shape index (κ2) is 4.12. The van der Waals surface area contributed by atoms with Crippen molar-refractivity contribution in [1.29, 1.82) is 0 Å². The maximum Gasteiger partial charge on any atom is 0.178 e. The summed E-state index contributed by atoms with van der Waals surface area (Å²) in [6, 6.07) is 6.09. The molecule has 2 unspecified atom stereocenters. The van der Waals surface area contributed by atoms with E-state index in [0.29, 0.717) is 0 Å². The molecule has 0 aliphatic carbocycles. The maximum absolute atomic E-state index is 6.27. The zero-order valence-corrected chi connectivity index (χ0v) is 11.0. The number of hydrogen-bond acceptors (Lipinski definition) is 2. The van der Waals surface area contributed by atoms with Crippen molar-refractivity contribution in [2.45, 2.75) is 25.5 Å². The van der Waals surface area contributed by atoms with E-state index in [9.17, 15) is 0 Å². The highest BCUT2D eigenvalue weighted by Crippen LogP contribution is 2.32. The van der Waals surface area contributed by atoms with Crippen LogP contribution in [0, 0.1) is 4.77 Å². The molecule has 2 heterocycles. The highest BCUT2D eigenvalue weighted by Gasteiger charge is 2.28. The van der Waals surface area contributed by atoms with Crippen LogP contribution in [0.1, 0.15) is 19.4 Å². The Kier molecular flexibility index (Phi) is 2.73. The largest absolute Gasteiger partial charge is 0.376 e. The van der Waals surface area contributed by atoms with Crippen molar-refractivity contribution in [2.75, 3.05) is 6.61 Å². The fourth-order valence-corrected chi connectivity index (χ4v) is 3.12. The molecule has 0 radical (unpaired) electrons. The Balaban J connectivity index is 2.28. The molecule has 90 valence electrons. The Bertz CT molecular complexity index is 618. The lowest BCUT2D eigenvalue weighted by atomic mass is 10.1. The van der Waals surface area contributed by atoms with E-state index in [0.717, 1.165) is 33.9 Å². The summed E-state index contributed by atoms with van der Waals surface area (Å²) < 4.78 is 8.43. The number of aromatic amines is 1. The van der Waals surface area contributed by atoms with Gasteiger partial charge in [-0.1, -0.05) is 17.7 Å². The minimum atomic E-state index is 0.178. The monoisotopic (exact) mass is 268 g/mol. The molecular formula is C12H13ClN2OS. The van der Waals surface area contributed by atoms with Gasteiger partial charge in [-0.2, -0.15) is 0 Å². The Hall–Kier alpha value is -0.840. The molecule has 0 bridgehead atoms. The summed E-state index contributed by atoms with van der Waals surface area (Å²) in [5.74, 6) is 0. The van der Waals surface area contributed by atoms with E-state index in [2.05, 4.69) is 16.5 Å². The van der Waals surface area contributed by atoms with Crippen LogP contribution in [0.25, 0.3) is 11.0 Å². The molecule has 0 saturated carbocycles. The van der Waals surface area contributed by atoms with E-state index in [1.165, 1.54) is 0 Å². The van der Waals surface area contributed by atoms with E-state index < -0.39 is 0 Å². The van der Waals surface area contributed by atoms with Gasteiger partial charge in [0.25, 0.3) is 0 Å². The standard InChI is InChI=1S/C12H13ClN2OS/c1-7-10(5-6-16-7)15-11-8(13)3-2-4-9(11)14-12(15)17/h2-4,7,10H,5-6H2,1H3,(H,14,17). The number of halogens is 1. The first kappa shape index (κ1) is 11.3. The average molecular weight is 269 g/mol. The molecule has 1 aliphatic heterocycles. The summed E-state index contributed by atoms with van der Waals surface area (Å²) in [5.41, 5.74) is 1.98. The molecule has 1 aromatic heterocycles. The van der Waals surface area contributed by atoms with Gasteiger partial charge in [0.15, 0.2) is 4.77 Å². The van der Waals surface area contributed by atoms with Crippen molar-refractivity contribution in [2.24, 2.45) is 0 Å². The predicted molar refractivity (Wildman–Crippen MR) is 71.2 cm³/mol. The molecule has 0 amide bonds. The molecular weight excluding hydrogens is 256 g/mol. The number of ether oxygens (including phenoxy) is 1. The lowest BCUT2D eigenvalue weighted by molar-refractivity contribution is 0.108. The van der Waals surface area contributed by atoms with Crippen molar-refractivity contribution < 1.29 is 4.74 Å². The number of hydrogen-bond donors (Lipinski definition) is 1. The van der Waals surface area contributed by atoms with Crippen molar-refractivity contribution in [3.63, 3.8) is 0 Å². The minimum absolute atomic E-state index is 0.178. The summed E-state index contributed by atoms with van der Waals surface area (Å²) in [5, 5.41) is 0.731. The zero-order chi connectivity index (χ0) is 12.0. The number of H-pyrrole nitrogens is 1. The van der Waals surface area contributed by atoms with Gasteiger partial charge >= 0.3 is 0 Å². The molecule has 2 atom stereocenters. The van der Waals surface area contributed by atoms with Gasteiger partial charge < -0.3 is 14.3 Å². The van der Waals surface area contributed by atoms with Gasteiger partial charge in [-0.3, -0.25) is 0 Å². The first-order valence-corrected chi connectivity index (χ1v) is 6.47. The maximum atomic E-state index is 6.27. The molecule has 0 spiro atoms. The Labute approximate surface area is 109 Å². The molecule has 17 heavy (non-hydrogen) atoms. The van der Waals surface area contributed by atoms with E-state index in [1.54, 1.807) is 0 Å². The fraction of sp³-hybridized carbons (Fsp3) is 0.417. The third-order valence-corrected chi connectivity index (χ3v) is 3.96. The average Bonchev–Trinajstić information content (AvgIpc) is 2.82. The van der Waals surface area contributed by atoms with Crippen LogP contribution in [0.3, 0.4) is 0 Å². The van der Waals surface area contributed by atoms with Crippen LogP contribution in [0.4, 0.5) is 0 Å². The minimum Gasteiger partial charge on any atom is -0.376 e. The van der Waals surface area contributed by atoms with Crippen LogP contribution in [0.5, 0.6) is 0 Å². The first-order valence-electron chi connectivity index (χ1n) is 5.69. The molecule has 2 aromatic rings. The third kappa shape index (κ3) is 1.71. The van der Waals surface area contributed by atoms with Crippen molar-refractivity contribution in [3.05, 3.63) is 28.0 Å². The van der Waals surface area contributed by atoms with Gasteiger partial charge in [0, 0.05) is 6.61 Å². The van der Waals surface area contributed by atoms with Crippen molar-refractivity contribution >= 4 is 34.9 Å². The van der Waals surface area contributed by atoms with Gasteiger partial charge in [0.05, 0.1) is 28.2 Å². The highest BCUT2D eigenvalue weighted by molar-refractivity contribution is 7.71. The van der Waals surface area contributed by atoms with Crippen LogP contribution in [-0.4, -0.2) is 22.3 Å². The van der Waals surface area contributed by atoms with Crippen LogP contribution in [0.2, 0.25) is 5.02 Å². The topological polar surface area (TPSA) is 29.9 Å². The predicted octanol–water partition coefficient (Wildman–Crippen LogP) is 3.70. The molecule has 1 aromatic carbocycles. The normalized spacial score (nSPS) is 24.6. The number of benzene rings is 1. The Morgan fingerprint density at radius 1 is 1.53 bits per heavy atom. The Morgan fingerprint density at radius 3 is 3.06 bits per heavy atom. The molecule has 1 saturated heterocycles. The van der Waals surface area contributed by atoms with Gasteiger partial charge in [0.1, 0.15) is 0 Å². The van der Waals surface area contributed by atoms with Gasteiger partial charge in [0.2, 0.25) is 0 Å². The van der Waals surface area contributed by atoms with E-state index in [1.807, 2.05) is 18.2 Å². The molecule has 1 fully saturated rings. The Morgan fingerprint density at radius 2 is 2.35 bits per heavy atom. The fourth-order valence-electron chi connectivity index (χ4n) is 2.51. The lowest BCUT2D eigenvalue weighted by Gasteiger charge is -2.17. The van der Waals surface area contributed by atoms with Gasteiger partial charge in [-0.25, -0.2) is 0 Å². The summed E-state index contributed by atoms with van der Waals surface area (Å²) in [7, 11) is 0. The van der Waals surface area contributed by atoms with Crippen LogP contribution in [-0.2, 0) is 4.74 Å². The number of nitrogens with zero attached hydrogens (tertiary/aromatic N) is 1. The number of aromatic nitrogens is 2. The number of nitrogens with one attached hydrogen (secondary N) is 1. The van der Waals surface area contributed by atoms with Crippen molar-refractivity contribution in [3.8, 4) is 0 Å². The number of fused-ring (bicyclic) bond motifs is 1. The molecule has 3 rings (SSSR count). The van der Waals surface area contributed by atoms with Crippen LogP contribution >= 0.6 is 23.8 Å². The van der Waals surface area contributed by atoms with E-state index >= 15 is 0 Å². The molecule has 5 heteroatoms. The zero-order valence-electron chi connectivity index (χ0n) is 9.44. The summed E-state index contributed by atoms with van der Waals surface area (Å²) >= 11 is 11.7. The van der Waals surface area contributed by atoms with Crippen LogP contribution in [0.15, 0.2) is 18.2 Å². The van der Waals surface area contributed by atoms with Crippen LogP contribution < -0.4 is 0 Å². The SMILES string of the molecule is CC1OCCC1n1c(=S)[nH]c2cccc(Cl)c21. The second-order valence-electron chi connectivity index (χ2n) is 4.37. The molecule has 3 nitrogen and oxygen atoms in total. The number of para-hydroxylation sites is 1. The molecule has 1 aliphatic rings. The first-order chi connectivity index (χ1) is 8.18. The second-order valence-corrected chi connectivity index (χ2v) is 5.16. The smallest absolute Gasteiger partial charge is 0.178 e. The summed E-state index contributed by atoms with van der Waals surface area (Å²) in [4.78, 5) is 3.20. The van der Waals surface area contributed by atoms with Crippen molar-refractivity contribution in [1.82, 2.24) is 9.55 Å².